The molecule has 3 atom stereocenters. The van der Waals surface area contributed by atoms with Gasteiger partial charge in [0, 0.05) is 5.25 Å². The van der Waals surface area contributed by atoms with Gasteiger partial charge in [-0.05, 0) is 35.8 Å². The van der Waals surface area contributed by atoms with Crippen molar-refractivity contribution in [3.8, 4) is 0 Å². The van der Waals surface area contributed by atoms with Crippen LogP contribution >= 0.6 is 11.8 Å². The maximum absolute atomic E-state index is 2.40. The van der Waals surface area contributed by atoms with Crippen molar-refractivity contribution in [1.82, 2.24) is 0 Å². The third-order valence-electron chi connectivity index (χ3n) is 3.33. The maximum Gasteiger partial charge on any atom is 0.0109 e. The number of thioether (sulfide) groups is 1. The van der Waals surface area contributed by atoms with E-state index in [1.807, 2.05) is 0 Å². The molecule has 0 N–H and O–H groups in total. The number of hydrogen-bond acceptors (Lipinski definition) is 1. The predicted molar refractivity (Wildman–Crippen MR) is 51.9 cm³/mol. The lowest BCUT2D eigenvalue weighted by Gasteiger charge is -2.47. The second kappa shape index (κ2) is 2.42. The molecule has 1 heterocycles. The van der Waals surface area contributed by atoms with Crippen LogP contribution in [0, 0.1) is 17.3 Å². The van der Waals surface area contributed by atoms with Gasteiger partial charge in [0.15, 0.2) is 0 Å². The van der Waals surface area contributed by atoms with Gasteiger partial charge in [0.05, 0.1) is 0 Å². The van der Waals surface area contributed by atoms with Crippen molar-refractivity contribution in [2.45, 2.75) is 38.9 Å². The summed E-state index contributed by atoms with van der Waals surface area (Å²) in [6.45, 7) is 7.19. The van der Waals surface area contributed by atoms with Crippen LogP contribution in [-0.2, 0) is 0 Å². The van der Waals surface area contributed by atoms with Crippen LogP contribution in [0.25, 0.3) is 0 Å². The first-order chi connectivity index (χ1) is 5.09. The average Bonchev–Trinajstić information content (AvgIpc) is 2.08. The van der Waals surface area contributed by atoms with E-state index in [4.69, 9.17) is 0 Å². The molecule has 1 aliphatic heterocycles. The first kappa shape index (κ1) is 7.97. The Bertz CT molecular complexity index is 157. The molecule has 2 rings (SSSR count). The van der Waals surface area contributed by atoms with Gasteiger partial charge in [-0.1, -0.05) is 20.8 Å². The highest BCUT2D eigenvalue weighted by molar-refractivity contribution is 8.00. The Morgan fingerprint density at radius 2 is 2.00 bits per heavy atom. The quantitative estimate of drug-likeness (QED) is 0.538. The van der Waals surface area contributed by atoms with E-state index in [0.717, 1.165) is 17.1 Å². The van der Waals surface area contributed by atoms with Gasteiger partial charge >= 0.3 is 0 Å². The van der Waals surface area contributed by atoms with Crippen molar-refractivity contribution in [2.24, 2.45) is 17.3 Å². The molecule has 2 fully saturated rings. The maximum atomic E-state index is 2.40. The minimum absolute atomic E-state index is 0.568. The van der Waals surface area contributed by atoms with Crippen molar-refractivity contribution in [3.63, 3.8) is 0 Å². The van der Waals surface area contributed by atoms with Crippen LogP contribution in [0.15, 0.2) is 0 Å². The predicted octanol–water partition coefficient (Wildman–Crippen LogP) is 3.17. The first-order valence-corrected chi connectivity index (χ1v) is 5.75. The molecule has 1 saturated heterocycles. The van der Waals surface area contributed by atoms with Gasteiger partial charge < -0.3 is 0 Å². The van der Waals surface area contributed by atoms with Gasteiger partial charge in [0.1, 0.15) is 0 Å². The highest BCUT2D eigenvalue weighted by atomic mass is 32.2. The van der Waals surface area contributed by atoms with Gasteiger partial charge in [0.25, 0.3) is 0 Å². The van der Waals surface area contributed by atoms with Gasteiger partial charge in [0.2, 0.25) is 0 Å². The molecule has 3 unspecified atom stereocenters. The summed E-state index contributed by atoms with van der Waals surface area (Å²) in [4.78, 5) is 0. The van der Waals surface area contributed by atoms with E-state index in [9.17, 15) is 0 Å². The summed E-state index contributed by atoms with van der Waals surface area (Å²) in [5.41, 5.74) is 0.568. The van der Waals surface area contributed by atoms with Crippen LogP contribution < -0.4 is 0 Å². The lowest BCUT2D eigenvalue weighted by molar-refractivity contribution is 0.0928. The van der Waals surface area contributed by atoms with Crippen molar-refractivity contribution in [2.75, 3.05) is 5.75 Å². The molecule has 0 nitrogen and oxygen atoms in total. The fourth-order valence-corrected chi connectivity index (χ4v) is 4.45. The molecule has 0 bridgehead atoms. The van der Waals surface area contributed by atoms with Crippen LogP contribution in [-0.4, -0.2) is 11.0 Å². The molecule has 1 aliphatic carbocycles. The summed E-state index contributed by atoms with van der Waals surface area (Å²) < 4.78 is 0. The normalized spacial score (nSPS) is 43.4. The summed E-state index contributed by atoms with van der Waals surface area (Å²) in [6, 6.07) is 0. The number of fused-ring (bicyclic) bond motifs is 1. The highest BCUT2D eigenvalue weighted by Gasteiger charge is 2.48. The van der Waals surface area contributed by atoms with E-state index in [1.54, 1.807) is 0 Å². The molecule has 1 saturated carbocycles. The Morgan fingerprint density at radius 1 is 1.27 bits per heavy atom. The van der Waals surface area contributed by atoms with Crippen LogP contribution in [0.3, 0.4) is 0 Å². The van der Waals surface area contributed by atoms with Gasteiger partial charge in [-0.15, -0.1) is 0 Å². The zero-order valence-electron chi connectivity index (χ0n) is 7.76. The highest BCUT2D eigenvalue weighted by Crippen LogP contribution is 2.56. The van der Waals surface area contributed by atoms with E-state index in [-0.39, 0.29) is 0 Å². The second-order valence-electron chi connectivity index (χ2n) is 5.09. The molecule has 64 valence electrons. The summed E-state index contributed by atoms with van der Waals surface area (Å²) >= 11 is 2.23. The summed E-state index contributed by atoms with van der Waals surface area (Å²) in [7, 11) is 0. The van der Waals surface area contributed by atoms with Crippen LogP contribution in [0.5, 0.6) is 0 Å². The molecule has 0 aromatic rings. The SMILES string of the molecule is CC(C)(C)C1CC2CCSC21. The van der Waals surface area contributed by atoms with E-state index in [0.29, 0.717) is 5.41 Å². The van der Waals surface area contributed by atoms with Gasteiger partial charge in [-0.25, -0.2) is 0 Å². The molecule has 1 heteroatoms. The Balaban J connectivity index is 2.00. The minimum atomic E-state index is 0.568. The lowest BCUT2D eigenvalue weighted by Crippen LogP contribution is -2.43. The van der Waals surface area contributed by atoms with Crippen LogP contribution in [0.2, 0.25) is 0 Å². The molecular weight excluding hydrogens is 152 g/mol. The fourth-order valence-electron chi connectivity index (χ4n) is 2.46. The van der Waals surface area contributed by atoms with Crippen molar-refractivity contribution in [1.29, 1.82) is 0 Å². The standard InChI is InChI=1S/C10H18S/c1-10(2,3)8-6-7-4-5-11-9(7)8/h7-9H,4-6H2,1-3H3. The van der Waals surface area contributed by atoms with Crippen LogP contribution in [0.1, 0.15) is 33.6 Å². The monoisotopic (exact) mass is 170 g/mol. The van der Waals surface area contributed by atoms with E-state index in [1.165, 1.54) is 18.6 Å². The lowest BCUT2D eigenvalue weighted by atomic mass is 9.62. The summed E-state index contributed by atoms with van der Waals surface area (Å²) in [6.07, 6.45) is 3.02. The molecular formula is C10H18S. The third-order valence-corrected chi connectivity index (χ3v) is 4.90. The Hall–Kier alpha value is 0.350. The molecule has 0 spiro atoms. The molecule has 0 radical (unpaired) electrons. The van der Waals surface area contributed by atoms with E-state index < -0.39 is 0 Å². The minimum Gasteiger partial charge on any atom is -0.158 e. The fraction of sp³-hybridized carbons (Fsp3) is 1.00. The molecule has 0 aromatic heterocycles. The van der Waals surface area contributed by atoms with Gasteiger partial charge in [-0.2, -0.15) is 11.8 Å². The van der Waals surface area contributed by atoms with Gasteiger partial charge in [-0.3, -0.25) is 0 Å². The topological polar surface area (TPSA) is 0 Å². The molecule has 0 amide bonds. The van der Waals surface area contributed by atoms with Crippen molar-refractivity contribution < 1.29 is 0 Å². The third kappa shape index (κ3) is 1.22. The summed E-state index contributed by atoms with van der Waals surface area (Å²) in [5, 5.41) is 1.04. The second-order valence-corrected chi connectivity index (χ2v) is 6.38. The Morgan fingerprint density at radius 3 is 2.55 bits per heavy atom. The van der Waals surface area contributed by atoms with E-state index >= 15 is 0 Å². The zero-order chi connectivity index (χ0) is 8.06. The number of rotatable bonds is 0. The first-order valence-electron chi connectivity index (χ1n) is 4.70. The molecule has 11 heavy (non-hydrogen) atoms. The van der Waals surface area contributed by atoms with E-state index in [2.05, 4.69) is 32.5 Å². The average molecular weight is 170 g/mol. The van der Waals surface area contributed by atoms with Crippen LogP contribution in [0.4, 0.5) is 0 Å². The largest absolute Gasteiger partial charge is 0.158 e. The number of hydrogen-bond donors (Lipinski definition) is 0. The van der Waals surface area contributed by atoms with Crippen molar-refractivity contribution >= 4 is 11.8 Å². The van der Waals surface area contributed by atoms with Crippen molar-refractivity contribution in [3.05, 3.63) is 0 Å². The summed E-state index contributed by atoms with van der Waals surface area (Å²) in [5.74, 6) is 3.55. The zero-order valence-corrected chi connectivity index (χ0v) is 8.58. The Kier molecular flexibility index (Phi) is 1.75. The molecule has 2 aliphatic rings. The molecule has 0 aromatic carbocycles. The smallest absolute Gasteiger partial charge is 0.0109 e. The Labute approximate surface area is 74.1 Å².